The molecule has 2 aromatic carbocycles. The van der Waals surface area contributed by atoms with E-state index in [4.69, 9.17) is 4.98 Å². The van der Waals surface area contributed by atoms with E-state index >= 15 is 0 Å². The van der Waals surface area contributed by atoms with Crippen molar-refractivity contribution in [3.05, 3.63) is 59.8 Å². The fraction of sp³-hybridized carbons (Fsp3) is 0.333. The summed E-state index contributed by atoms with van der Waals surface area (Å²) in [5.74, 6) is 2.45. The molecule has 1 aliphatic heterocycles. The molecule has 0 spiro atoms. The van der Waals surface area contributed by atoms with Gasteiger partial charge >= 0.3 is 0 Å². The summed E-state index contributed by atoms with van der Waals surface area (Å²) in [6, 6.07) is 14.3. The molecular formula is C24H26N4OS2. The minimum Gasteiger partial charge on any atom is -0.352 e. The van der Waals surface area contributed by atoms with Gasteiger partial charge in [0.25, 0.3) is 5.91 Å². The summed E-state index contributed by atoms with van der Waals surface area (Å²) in [6.07, 6.45) is 3.08. The largest absolute Gasteiger partial charge is 0.352 e. The minimum atomic E-state index is 0.00240. The molecule has 5 nitrogen and oxygen atoms in total. The maximum Gasteiger partial charge on any atom is 0.251 e. The van der Waals surface area contributed by atoms with Gasteiger partial charge < -0.3 is 10.2 Å². The molecule has 3 heterocycles. The highest BCUT2D eigenvalue weighted by Crippen LogP contribution is 2.30. The first-order valence-corrected chi connectivity index (χ1v) is 12.7. The lowest BCUT2D eigenvalue weighted by atomic mass is 10.1. The zero-order valence-corrected chi connectivity index (χ0v) is 19.3. The van der Waals surface area contributed by atoms with Crippen molar-refractivity contribution >= 4 is 44.2 Å². The van der Waals surface area contributed by atoms with Gasteiger partial charge in [0.15, 0.2) is 4.96 Å². The molecule has 0 unspecified atom stereocenters. The van der Waals surface area contributed by atoms with Crippen LogP contribution in [-0.4, -0.2) is 57.9 Å². The minimum absolute atomic E-state index is 0.00240. The summed E-state index contributed by atoms with van der Waals surface area (Å²) in [5, 5.41) is 3.08. The number of carbonyl (C=O) groups is 1. The van der Waals surface area contributed by atoms with Crippen LogP contribution >= 0.6 is 23.1 Å². The van der Waals surface area contributed by atoms with Gasteiger partial charge in [-0.2, -0.15) is 11.8 Å². The Morgan fingerprint density at radius 1 is 1.16 bits per heavy atom. The van der Waals surface area contributed by atoms with Crippen molar-refractivity contribution in [3.63, 3.8) is 0 Å². The predicted molar refractivity (Wildman–Crippen MR) is 131 cm³/mol. The number of amides is 1. The first-order valence-electron chi connectivity index (χ1n) is 10.7. The van der Waals surface area contributed by atoms with E-state index in [1.807, 2.05) is 30.0 Å². The number of imidazole rings is 1. The Bertz CT molecular complexity index is 1220. The lowest BCUT2D eigenvalue weighted by Crippen LogP contribution is -2.35. The highest BCUT2D eigenvalue weighted by molar-refractivity contribution is 7.99. The smallest absolute Gasteiger partial charge is 0.251 e. The zero-order chi connectivity index (χ0) is 21.2. The fourth-order valence-electron chi connectivity index (χ4n) is 4.02. The molecular weight excluding hydrogens is 424 g/mol. The van der Waals surface area contributed by atoms with Crippen LogP contribution in [0.1, 0.15) is 22.3 Å². The van der Waals surface area contributed by atoms with Crippen LogP contribution in [0.3, 0.4) is 0 Å². The zero-order valence-electron chi connectivity index (χ0n) is 17.6. The Balaban J connectivity index is 1.26. The van der Waals surface area contributed by atoms with Gasteiger partial charge in [0.2, 0.25) is 0 Å². The van der Waals surface area contributed by atoms with Crippen molar-refractivity contribution in [1.29, 1.82) is 0 Å². The third kappa shape index (κ3) is 4.49. The van der Waals surface area contributed by atoms with Gasteiger partial charge in [-0.15, -0.1) is 0 Å². The SMILES string of the molecule is Cc1cccc(-c2cn3c(n2)sc2cc(C(=O)NCCCN4CCSCC4)ccc23)c1. The summed E-state index contributed by atoms with van der Waals surface area (Å²) < 4.78 is 3.20. The second-order valence-electron chi connectivity index (χ2n) is 8.00. The number of hydrogen-bond donors (Lipinski definition) is 1. The van der Waals surface area contributed by atoms with Gasteiger partial charge in [-0.3, -0.25) is 9.20 Å². The average Bonchev–Trinajstić information content (AvgIpc) is 3.35. The molecule has 7 heteroatoms. The number of rotatable bonds is 6. The van der Waals surface area contributed by atoms with Gasteiger partial charge in [-0.1, -0.05) is 35.1 Å². The van der Waals surface area contributed by atoms with Crippen LogP contribution in [0, 0.1) is 6.92 Å². The van der Waals surface area contributed by atoms with Crippen LogP contribution in [0.15, 0.2) is 48.7 Å². The molecule has 1 amide bonds. The summed E-state index contributed by atoms with van der Waals surface area (Å²) in [6.45, 7) is 6.21. The van der Waals surface area contributed by atoms with E-state index < -0.39 is 0 Å². The van der Waals surface area contributed by atoms with Gasteiger partial charge in [0, 0.05) is 48.5 Å². The molecule has 160 valence electrons. The second-order valence-corrected chi connectivity index (χ2v) is 10.2. The molecule has 2 aromatic heterocycles. The average molecular weight is 451 g/mol. The summed E-state index contributed by atoms with van der Waals surface area (Å²) in [5.41, 5.74) is 5.13. The molecule has 0 aliphatic carbocycles. The summed E-state index contributed by atoms with van der Waals surface area (Å²) in [7, 11) is 0. The summed E-state index contributed by atoms with van der Waals surface area (Å²) in [4.78, 5) is 20.9. The monoisotopic (exact) mass is 450 g/mol. The van der Waals surface area contributed by atoms with Crippen molar-refractivity contribution in [2.75, 3.05) is 37.7 Å². The van der Waals surface area contributed by atoms with Crippen molar-refractivity contribution in [2.24, 2.45) is 0 Å². The van der Waals surface area contributed by atoms with E-state index in [0.29, 0.717) is 12.1 Å². The number of carbonyl (C=O) groups excluding carboxylic acids is 1. The maximum absolute atomic E-state index is 12.6. The molecule has 1 aliphatic rings. The van der Waals surface area contributed by atoms with E-state index in [9.17, 15) is 4.79 Å². The number of thiazole rings is 1. The predicted octanol–water partition coefficient (Wildman–Crippen LogP) is 4.69. The number of nitrogens with one attached hydrogen (secondary N) is 1. The van der Waals surface area contributed by atoms with Crippen LogP contribution in [-0.2, 0) is 0 Å². The Hall–Kier alpha value is -2.35. The van der Waals surface area contributed by atoms with Gasteiger partial charge in [0.05, 0.1) is 15.9 Å². The van der Waals surface area contributed by atoms with Gasteiger partial charge in [-0.05, 0) is 44.2 Å². The molecule has 1 fully saturated rings. The number of nitrogens with zero attached hydrogens (tertiary/aromatic N) is 3. The van der Waals surface area contributed by atoms with E-state index in [-0.39, 0.29) is 5.91 Å². The molecule has 4 aromatic rings. The highest BCUT2D eigenvalue weighted by atomic mass is 32.2. The van der Waals surface area contributed by atoms with Crippen LogP contribution in [0.25, 0.3) is 26.4 Å². The summed E-state index contributed by atoms with van der Waals surface area (Å²) >= 11 is 3.65. The molecule has 0 saturated carbocycles. The Kier molecular flexibility index (Phi) is 5.98. The quantitative estimate of drug-likeness (QED) is 0.433. The third-order valence-electron chi connectivity index (χ3n) is 5.71. The van der Waals surface area contributed by atoms with E-state index in [1.54, 1.807) is 11.3 Å². The molecule has 31 heavy (non-hydrogen) atoms. The molecule has 1 saturated heterocycles. The number of aryl methyl sites for hydroxylation is 1. The lowest BCUT2D eigenvalue weighted by molar-refractivity contribution is 0.0952. The number of hydrogen-bond acceptors (Lipinski definition) is 5. The second kappa shape index (κ2) is 9.02. The van der Waals surface area contributed by atoms with E-state index in [2.05, 4.69) is 52.0 Å². The topological polar surface area (TPSA) is 49.6 Å². The number of benzene rings is 2. The van der Waals surface area contributed by atoms with Crippen molar-refractivity contribution in [1.82, 2.24) is 19.6 Å². The number of aromatic nitrogens is 2. The van der Waals surface area contributed by atoms with Crippen LogP contribution in [0.5, 0.6) is 0 Å². The molecule has 0 atom stereocenters. The Morgan fingerprint density at radius 2 is 2.03 bits per heavy atom. The number of fused-ring (bicyclic) bond motifs is 3. The van der Waals surface area contributed by atoms with E-state index in [1.165, 1.54) is 30.2 Å². The maximum atomic E-state index is 12.6. The Labute approximate surface area is 190 Å². The molecule has 0 radical (unpaired) electrons. The van der Waals surface area contributed by atoms with Gasteiger partial charge in [0.1, 0.15) is 0 Å². The molecule has 0 bridgehead atoms. The van der Waals surface area contributed by atoms with Crippen molar-refractivity contribution in [2.45, 2.75) is 13.3 Å². The fourth-order valence-corrected chi connectivity index (χ4v) is 6.04. The highest BCUT2D eigenvalue weighted by Gasteiger charge is 2.14. The van der Waals surface area contributed by atoms with Crippen LogP contribution in [0.4, 0.5) is 0 Å². The van der Waals surface area contributed by atoms with Crippen LogP contribution < -0.4 is 5.32 Å². The third-order valence-corrected chi connectivity index (χ3v) is 7.67. The molecule has 1 N–H and O–H groups in total. The number of thioether (sulfide) groups is 1. The normalized spacial score (nSPS) is 15.0. The van der Waals surface area contributed by atoms with Gasteiger partial charge in [-0.25, -0.2) is 4.98 Å². The molecule has 5 rings (SSSR count). The van der Waals surface area contributed by atoms with Crippen molar-refractivity contribution < 1.29 is 4.79 Å². The lowest BCUT2D eigenvalue weighted by Gasteiger charge is -2.25. The van der Waals surface area contributed by atoms with E-state index in [0.717, 1.165) is 39.4 Å². The Morgan fingerprint density at radius 3 is 2.87 bits per heavy atom. The standard InChI is InChI=1S/C24H26N4OS2/c1-17-4-2-5-18(14-17)20-16-28-21-7-6-19(15-22(21)31-24(28)26-20)23(29)25-8-3-9-27-10-12-30-13-11-27/h2,4-7,14-16H,3,8-13H2,1H3,(H,25,29). The van der Waals surface area contributed by atoms with Crippen LogP contribution in [0.2, 0.25) is 0 Å². The van der Waals surface area contributed by atoms with Crippen molar-refractivity contribution in [3.8, 4) is 11.3 Å². The first-order chi connectivity index (χ1) is 15.2. The first kappa shape index (κ1) is 20.5.